The van der Waals surface area contributed by atoms with Gasteiger partial charge in [-0.25, -0.2) is 4.98 Å². The van der Waals surface area contributed by atoms with Crippen LogP contribution in [0, 0.1) is 11.3 Å². The van der Waals surface area contributed by atoms with E-state index in [9.17, 15) is 0 Å². The Morgan fingerprint density at radius 1 is 1.52 bits per heavy atom. The lowest BCUT2D eigenvalue weighted by Gasteiger charge is -2.17. The van der Waals surface area contributed by atoms with E-state index in [1.165, 1.54) is 6.42 Å². The molecule has 0 aromatic carbocycles. The standard InChI is InChI=1S/C16H21N5/c1-11-5-6-21(10-11)16-4-3-13(7-20-16)19-8-14-12(2)18-9-15(14)17/h3-4,7-8,11,17-19H,2,5-6,9-10H2,1H3/b14-8-,17-15?. The summed E-state index contributed by atoms with van der Waals surface area (Å²) in [5.74, 6) is 1.79. The Morgan fingerprint density at radius 2 is 2.38 bits per heavy atom. The molecule has 2 aliphatic heterocycles. The van der Waals surface area contributed by atoms with Crippen molar-refractivity contribution in [3.63, 3.8) is 0 Å². The minimum absolute atomic E-state index is 0.552. The van der Waals surface area contributed by atoms with Crippen molar-refractivity contribution in [2.45, 2.75) is 13.3 Å². The molecule has 110 valence electrons. The number of allylic oxidation sites excluding steroid dienone is 1. The van der Waals surface area contributed by atoms with E-state index in [2.05, 4.69) is 34.0 Å². The van der Waals surface area contributed by atoms with Crippen molar-refractivity contribution in [1.29, 1.82) is 5.41 Å². The molecule has 3 rings (SSSR count). The van der Waals surface area contributed by atoms with Crippen LogP contribution in [-0.4, -0.2) is 30.3 Å². The smallest absolute Gasteiger partial charge is 0.128 e. The highest BCUT2D eigenvalue weighted by Crippen LogP contribution is 2.22. The zero-order chi connectivity index (χ0) is 14.8. The molecule has 0 saturated carbocycles. The number of hydrogen-bond donors (Lipinski definition) is 3. The Kier molecular flexibility index (Phi) is 3.64. The van der Waals surface area contributed by atoms with E-state index in [0.717, 1.165) is 41.8 Å². The van der Waals surface area contributed by atoms with Crippen molar-refractivity contribution in [3.05, 3.63) is 42.4 Å². The van der Waals surface area contributed by atoms with Gasteiger partial charge in [0, 0.05) is 30.6 Å². The van der Waals surface area contributed by atoms with Gasteiger partial charge in [-0.1, -0.05) is 13.5 Å². The number of rotatable bonds is 3. The van der Waals surface area contributed by atoms with Crippen LogP contribution in [0.3, 0.4) is 0 Å². The summed E-state index contributed by atoms with van der Waals surface area (Å²) in [5.41, 5.74) is 3.10. The maximum Gasteiger partial charge on any atom is 0.128 e. The molecule has 2 aliphatic rings. The van der Waals surface area contributed by atoms with Crippen molar-refractivity contribution < 1.29 is 0 Å². The predicted molar refractivity (Wildman–Crippen MR) is 86.8 cm³/mol. The van der Waals surface area contributed by atoms with Gasteiger partial charge in [0.1, 0.15) is 5.82 Å². The molecule has 0 aliphatic carbocycles. The molecular formula is C16H21N5. The lowest BCUT2D eigenvalue weighted by atomic mass is 10.2. The first-order valence-electron chi connectivity index (χ1n) is 7.32. The van der Waals surface area contributed by atoms with Gasteiger partial charge in [0.25, 0.3) is 0 Å². The number of pyridine rings is 1. The van der Waals surface area contributed by atoms with E-state index < -0.39 is 0 Å². The molecule has 0 bridgehead atoms. The zero-order valence-corrected chi connectivity index (χ0v) is 12.3. The SMILES string of the molecule is C=C1NCC(=N)/C1=C\Nc1ccc(N2CCC(C)C2)nc1. The monoisotopic (exact) mass is 283 g/mol. The van der Waals surface area contributed by atoms with Crippen molar-refractivity contribution in [2.75, 3.05) is 29.9 Å². The van der Waals surface area contributed by atoms with Gasteiger partial charge >= 0.3 is 0 Å². The van der Waals surface area contributed by atoms with Crippen molar-refractivity contribution in [3.8, 4) is 0 Å². The fraction of sp³-hybridized carbons (Fsp3) is 0.375. The lowest BCUT2D eigenvalue weighted by molar-refractivity contribution is 0.659. The molecular weight excluding hydrogens is 262 g/mol. The maximum atomic E-state index is 7.81. The number of hydrogen-bond acceptors (Lipinski definition) is 5. The van der Waals surface area contributed by atoms with Gasteiger partial charge < -0.3 is 20.9 Å². The van der Waals surface area contributed by atoms with Gasteiger partial charge in [-0.15, -0.1) is 0 Å². The molecule has 3 N–H and O–H groups in total. The van der Waals surface area contributed by atoms with Crippen LogP contribution in [0.1, 0.15) is 13.3 Å². The van der Waals surface area contributed by atoms with E-state index in [4.69, 9.17) is 5.41 Å². The summed E-state index contributed by atoms with van der Waals surface area (Å²) in [5, 5.41) is 14.1. The Bertz CT molecular complexity index is 569. The largest absolute Gasteiger partial charge is 0.379 e. The van der Waals surface area contributed by atoms with Crippen LogP contribution in [0.15, 0.2) is 42.4 Å². The summed E-state index contributed by atoms with van der Waals surface area (Å²) >= 11 is 0. The lowest BCUT2D eigenvalue weighted by Crippen LogP contribution is -2.20. The van der Waals surface area contributed by atoms with Crippen LogP contribution in [0.4, 0.5) is 11.5 Å². The average Bonchev–Trinajstić information content (AvgIpc) is 3.05. The first-order chi connectivity index (χ1) is 10.1. The Balaban J connectivity index is 1.66. The molecule has 5 nitrogen and oxygen atoms in total. The van der Waals surface area contributed by atoms with E-state index in [-0.39, 0.29) is 0 Å². The average molecular weight is 283 g/mol. The van der Waals surface area contributed by atoms with Crippen LogP contribution < -0.4 is 15.5 Å². The molecule has 1 aromatic heterocycles. The van der Waals surface area contributed by atoms with Crippen LogP contribution >= 0.6 is 0 Å². The topological polar surface area (TPSA) is 64.0 Å². The highest BCUT2D eigenvalue weighted by Gasteiger charge is 2.19. The fourth-order valence-corrected chi connectivity index (χ4v) is 2.70. The molecule has 1 unspecified atom stereocenters. The van der Waals surface area contributed by atoms with E-state index in [1.807, 2.05) is 24.5 Å². The minimum Gasteiger partial charge on any atom is -0.379 e. The van der Waals surface area contributed by atoms with Gasteiger partial charge in [0.2, 0.25) is 0 Å². The fourth-order valence-electron chi connectivity index (χ4n) is 2.70. The normalized spacial score (nSPS) is 23.8. The molecule has 2 saturated heterocycles. The summed E-state index contributed by atoms with van der Waals surface area (Å²) in [6.07, 6.45) is 4.90. The van der Waals surface area contributed by atoms with Gasteiger partial charge in [0.05, 0.1) is 24.1 Å². The second-order valence-corrected chi connectivity index (χ2v) is 5.76. The van der Waals surface area contributed by atoms with Gasteiger partial charge in [-0.05, 0) is 24.5 Å². The second kappa shape index (κ2) is 5.60. The molecule has 3 heterocycles. The van der Waals surface area contributed by atoms with Crippen LogP contribution in [0.2, 0.25) is 0 Å². The number of nitrogens with one attached hydrogen (secondary N) is 3. The van der Waals surface area contributed by atoms with Crippen molar-refractivity contribution >= 4 is 17.2 Å². The second-order valence-electron chi connectivity index (χ2n) is 5.76. The first-order valence-corrected chi connectivity index (χ1v) is 7.32. The van der Waals surface area contributed by atoms with E-state index in [0.29, 0.717) is 12.3 Å². The summed E-state index contributed by atoms with van der Waals surface area (Å²) in [7, 11) is 0. The van der Waals surface area contributed by atoms with E-state index >= 15 is 0 Å². The van der Waals surface area contributed by atoms with Gasteiger partial charge in [-0.2, -0.15) is 0 Å². The third-order valence-electron chi connectivity index (χ3n) is 4.01. The first kappa shape index (κ1) is 13.7. The van der Waals surface area contributed by atoms with Gasteiger partial charge in [0.15, 0.2) is 0 Å². The molecule has 1 atom stereocenters. The third-order valence-corrected chi connectivity index (χ3v) is 4.01. The molecule has 0 amide bonds. The summed E-state index contributed by atoms with van der Waals surface area (Å²) < 4.78 is 0. The Labute approximate surface area is 125 Å². The quantitative estimate of drug-likeness (QED) is 0.797. The summed E-state index contributed by atoms with van der Waals surface area (Å²) in [6, 6.07) is 4.07. The third kappa shape index (κ3) is 2.91. The predicted octanol–water partition coefficient (Wildman–Crippen LogP) is 2.36. The highest BCUT2D eigenvalue weighted by molar-refractivity contribution is 6.05. The molecule has 5 heteroatoms. The molecule has 21 heavy (non-hydrogen) atoms. The number of anilines is 2. The molecule has 2 fully saturated rings. The van der Waals surface area contributed by atoms with Crippen molar-refractivity contribution in [1.82, 2.24) is 10.3 Å². The summed E-state index contributed by atoms with van der Waals surface area (Å²) in [4.78, 5) is 6.85. The summed E-state index contributed by atoms with van der Waals surface area (Å²) in [6.45, 7) is 8.90. The van der Waals surface area contributed by atoms with E-state index in [1.54, 1.807) is 0 Å². The molecule has 0 spiro atoms. The minimum atomic E-state index is 0.552. The number of nitrogens with zero attached hydrogens (tertiary/aromatic N) is 2. The maximum absolute atomic E-state index is 7.81. The zero-order valence-electron chi connectivity index (χ0n) is 12.3. The molecule has 1 aromatic rings. The van der Waals surface area contributed by atoms with Crippen LogP contribution in [-0.2, 0) is 0 Å². The van der Waals surface area contributed by atoms with Gasteiger partial charge in [-0.3, -0.25) is 0 Å². The van der Waals surface area contributed by atoms with Crippen LogP contribution in [0.5, 0.6) is 0 Å². The Morgan fingerprint density at radius 3 is 2.95 bits per heavy atom. The highest BCUT2D eigenvalue weighted by atomic mass is 15.2. The van der Waals surface area contributed by atoms with Crippen LogP contribution in [0.25, 0.3) is 0 Å². The molecule has 0 radical (unpaired) electrons. The Hall–Kier alpha value is -2.30. The van der Waals surface area contributed by atoms with Crippen molar-refractivity contribution in [2.24, 2.45) is 5.92 Å². The number of aromatic nitrogens is 1.